The molecule has 1 aromatic heterocycles. The van der Waals surface area contributed by atoms with Crippen LogP contribution in [0.3, 0.4) is 0 Å². The second kappa shape index (κ2) is 5.36. The van der Waals surface area contributed by atoms with Crippen molar-refractivity contribution in [3.05, 3.63) is 36.5 Å². The number of hydrogen-bond donors (Lipinski definition) is 0. The molecule has 1 fully saturated rings. The molecule has 0 aliphatic carbocycles. The normalized spacial score (nSPS) is 16.2. The lowest BCUT2D eigenvalue weighted by Gasteiger charge is -2.14. The minimum Gasteiger partial charge on any atom is -0.491 e. The van der Waals surface area contributed by atoms with Gasteiger partial charge in [-0.25, -0.2) is 0 Å². The van der Waals surface area contributed by atoms with Gasteiger partial charge in [-0.2, -0.15) is 0 Å². The predicted octanol–water partition coefficient (Wildman–Crippen LogP) is 2.71. The number of likely N-dealkylation sites (tertiary alicyclic amines) is 1. The van der Waals surface area contributed by atoms with Crippen LogP contribution in [0.5, 0.6) is 5.75 Å². The Kier molecular flexibility index (Phi) is 3.42. The van der Waals surface area contributed by atoms with Gasteiger partial charge < -0.3 is 4.74 Å². The van der Waals surface area contributed by atoms with Gasteiger partial charge in [0.15, 0.2) is 0 Å². The molecule has 1 aromatic carbocycles. The van der Waals surface area contributed by atoms with Gasteiger partial charge >= 0.3 is 0 Å². The zero-order valence-electron chi connectivity index (χ0n) is 10.5. The van der Waals surface area contributed by atoms with E-state index in [0.29, 0.717) is 0 Å². The average Bonchev–Trinajstić information content (AvgIpc) is 2.92. The van der Waals surface area contributed by atoms with Crippen LogP contribution in [0.4, 0.5) is 0 Å². The van der Waals surface area contributed by atoms with Gasteiger partial charge in [-0.05, 0) is 38.1 Å². The molecule has 1 aliphatic rings. The quantitative estimate of drug-likeness (QED) is 0.824. The highest BCUT2D eigenvalue weighted by Crippen LogP contribution is 2.17. The van der Waals surface area contributed by atoms with E-state index in [4.69, 9.17) is 4.74 Å². The summed E-state index contributed by atoms with van der Waals surface area (Å²) in [5.74, 6) is 0.868. The molecule has 0 N–H and O–H groups in total. The number of benzene rings is 1. The summed E-state index contributed by atoms with van der Waals surface area (Å²) >= 11 is 0. The molecule has 1 saturated heterocycles. The number of para-hydroxylation sites is 1. The van der Waals surface area contributed by atoms with Crippen LogP contribution in [0.25, 0.3) is 10.9 Å². The van der Waals surface area contributed by atoms with Crippen molar-refractivity contribution in [2.75, 3.05) is 26.2 Å². The summed E-state index contributed by atoms with van der Waals surface area (Å²) in [6.07, 6.45) is 4.47. The van der Waals surface area contributed by atoms with Crippen molar-refractivity contribution in [1.29, 1.82) is 0 Å². The van der Waals surface area contributed by atoms with Gasteiger partial charge in [-0.3, -0.25) is 9.88 Å². The maximum atomic E-state index is 5.77. The van der Waals surface area contributed by atoms with Crippen molar-refractivity contribution >= 4 is 10.9 Å². The Morgan fingerprint density at radius 3 is 2.89 bits per heavy atom. The van der Waals surface area contributed by atoms with E-state index >= 15 is 0 Å². The summed E-state index contributed by atoms with van der Waals surface area (Å²) in [7, 11) is 0. The first-order chi connectivity index (χ1) is 8.92. The van der Waals surface area contributed by atoms with Crippen molar-refractivity contribution in [3.63, 3.8) is 0 Å². The molecule has 0 bridgehead atoms. The number of ether oxygens (including phenoxy) is 1. The molecule has 94 valence electrons. The lowest BCUT2D eigenvalue weighted by atomic mass is 10.2. The molecule has 0 unspecified atom stereocenters. The van der Waals surface area contributed by atoms with E-state index in [9.17, 15) is 0 Å². The lowest BCUT2D eigenvalue weighted by Crippen LogP contribution is -2.25. The number of hydrogen-bond acceptors (Lipinski definition) is 3. The topological polar surface area (TPSA) is 25.4 Å². The van der Waals surface area contributed by atoms with Crippen molar-refractivity contribution in [3.8, 4) is 5.75 Å². The molecule has 0 spiro atoms. The van der Waals surface area contributed by atoms with E-state index in [1.54, 1.807) is 0 Å². The third-order valence-corrected chi connectivity index (χ3v) is 3.44. The zero-order valence-corrected chi connectivity index (χ0v) is 10.5. The van der Waals surface area contributed by atoms with Crippen LogP contribution in [0, 0.1) is 0 Å². The van der Waals surface area contributed by atoms with E-state index in [1.807, 2.05) is 24.4 Å². The van der Waals surface area contributed by atoms with Crippen LogP contribution in [0.2, 0.25) is 0 Å². The van der Waals surface area contributed by atoms with Crippen LogP contribution in [0.15, 0.2) is 36.5 Å². The van der Waals surface area contributed by atoms with E-state index in [2.05, 4.69) is 22.0 Å². The fourth-order valence-electron chi connectivity index (χ4n) is 2.43. The van der Waals surface area contributed by atoms with Gasteiger partial charge in [0.05, 0.1) is 11.7 Å². The molecule has 3 nitrogen and oxygen atoms in total. The minimum atomic E-state index is 0.750. The Morgan fingerprint density at radius 2 is 2.00 bits per heavy atom. The highest BCUT2D eigenvalue weighted by Gasteiger charge is 2.10. The summed E-state index contributed by atoms with van der Waals surface area (Å²) < 4.78 is 5.77. The Labute approximate surface area is 107 Å². The maximum Gasteiger partial charge on any atom is 0.138 e. The molecule has 3 heteroatoms. The summed E-state index contributed by atoms with van der Waals surface area (Å²) in [4.78, 5) is 6.85. The highest BCUT2D eigenvalue weighted by molar-refractivity contribution is 5.79. The summed E-state index contributed by atoms with van der Waals surface area (Å²) in [5.41, 5.74) is 1.02. The Balaban J connectivity index is 1.60. The van der Waals surface area contributed by atoms with Crippen molar-refractivity contribution in [2.45, 2.75) is 12.8 Å². The third-order valence-electron chi connectivity index (χ3n) is 3.44. The molecule has 0 saturated carbocycles. The van der Waals surface area contributed by atoms with Crippen LogP contribution in [-0.2, 0) is 0 Å². The summed E-state index contributed by atoms with van der Waals surface area (Å²) in [6.45, 7) is 4.21. The molecule has 18 heavy (non-hydrogen) atoms. The van der Waals surface area contributed by atoms with Crippen molar-refractivity contribution in [1.82, 2.24) is 9.88 Å². The Bertz CT molecular complexity index is 521. The first-order valence-electron chi connectivity index (χ1n) is 6.62. The van der Waals surface area contributed by atoms with Crippen molar-refractivity contribution < 1.29 is 4.74 Å². The predicted molar refractivity (Wildman–Crippen MR) is 72.9 cm³/mol. The second-order valence-electron chi connectivity index (χ2n) is 4.76. The van der Waals surface area contributed by atoms with Crippen LogP contribution < -0.4 is 4.74 Å². The smallest absolute Gasteiger partial charge is 0.138 e. The molecular weight excluding hydrogens is 224 g/mol. The molecule has 0 amide bonds. The van der Waals surface area contributed by atoms with E-state index < -0.39 is 0 Å². The molecule has 3 rings (SSSR count). The first kappa shape index (κ1) is 11.5. The number of nitrogens with zero attached hydrogens (tertiary/aromatic N) is 2. The molecule has 2 heterocycles. The fourth-order valence-corrected chi connectivity index (χ4v) is 2.43. The van der Waals surface area contributed by atoms with E-state index in [0.717, 1.165) is 29.8 Å². The van der Waals surface area contributed by atoms with E-state index in [1.165, 1.54) is 25.9 Å². The third kappa shape index (κ3) is 2.62. The lowest BCUT2D eigenvalue weighted by molar-refractivity contribution is 0.237. The van der Waals surface area contributed by atoms with Crippen LogP contribution >= 0.6 is 0 Å². The monoisotopic (exact) mass is 242 g/mol. The fraction of sp³-hybridized carbons (Fsp3) is 0.400. The van der Waals surface area contributed by atoms with E-state index in [-0.39, 0.29) is 0 Å². The van der Waals surface area contributed by atoms with Crippen LogP contribution in [-0.4, -0.2) is 36.1 Å². The van der Waals surface area contributed by atoms with Gasteiger partial charge in [-0.15, -0.1) is 0 Å². The van der Waals surface area contributed by atoms with Crippen LogP contribution in [0.1, 0.15) is 12.8 Å². The standard InChI is InChI=1S/C15H18N2O/c1-2-6-15-13(5-1)11-14(12-16-15)18-10-9-17-7-3-4-8-17/h1-2,5-6,11-12H,3-4,7-10H2. The van der Waals surface area contributed by atoms with Gasteiger partial charge in [0.1, 0.15) is 12.4 Å². The second-order valence-corrected chi connectivity index (χ2v) is 4.76. The van der Waals surface area contributed by atoms with Crippen molar-refractivity contribution in [2.24, 2.45) is 0 Å². The number of pyridine rings is 1. The number of aromatic nitrogens is 1. The molecule has 0 atom stereocenters. The highest BCUT2D eigenvalue weighted by atomic mass is 16.5. The zero-order chi connectivity index (χ0) is 12.2. The van der Waals surface area contributed by atoms with Gasteiger partial charge in [0, 0.05) is 11.9 Å². The Hall–Kier alpha value is -1.61. The maximum absolute atomic E-state index is 5.77. The molecule has 0 radical (unpaired) electrons. The largest absolute Gasteiger partial charge is 0.491 e. The SMILES string of the molecule is c1ccc2ncc(OCCN3CCCC3)cc2c1. The van der Waals surface area contributed by atoms with Gasteiger partial charge in [0.25, 0.3) is 0 Å². The first-order valence-corrected chi connectivity index (χ1v) is 6.62. The summed E-state index contributed by atoms with van der Waals surface area (Å²) in [6, 6.07) is 10.2. The Morgan fingerprint density at radius 1 is 1.17 bits per heavy atom. The number of fused-ring (bicyclic) bond motifs is 1. The molecule has 1 aliphatic heterocycles. The summed E-state index contributed by atoms with van der Waals surface area (Å²) in [5, 5.41) is 1.14. The number of rotatable bonds is 4. The molecule has 2 aromatic rings. The van der Waals surface area contributed by atoms with Gasteiger partial charge in [-0.1, -0.05) is 18.2 Å². The molecular formula is C15H18N2O. The van der Waals surface area contributed by atoms with Gasteiger partial charge in [0.2, 0.25) is 0 Å². The average molecular weight is 242 g/mol. The minimum absolute atomic E-state index is 0.750.